The molecule has 182 valence electrons. The molecular formula is C26H18ClNO7S. The summed E-state index contributed by atoms with van der Waals surface area (Å²) < 4.78 is 21.5. The summed E-state index contributed by atoms with van der Waals surface area (Å²) in [5, 5.41) is -0.0634. The van der Waals surface area contributed by atoms with Crippen molar-refractivity contribution >= 4 is 46.6 Å². The van der Waals surface area contributed by atoms with E-state index in [9.17, 15) is 14.4 Å². The van der Waals surface area contributed by atoms with E-state index in [4.69, 9.17) is 30.5 Å². The van der Waals surface area contributed by atoms with Crippen LogP contribution in [-0.2, 0) is 11.3 Å². The van der Waals surface area contributed by atoms with Gasteiger partial charge in [-0.05, 0) is 59.3 Å². The number of esters is 1. The molecule has 2 heterocycles. The maximum absolute atomic E-state index is 13.0. The highest BCUT2D eigenvalue weighted by Gasteiger charge is 2.36. The molecule has 2 aliphatic rings. The lowest BCUT2D eigenvalue weighted by molar-refractivity contribution is -0.123. The van der Waals surface area contributed by atoms with Crippen LogP contribution in [-0.4, -0.2) is 35.9 Å². The molecule has 0 unspecified atom stereocenters. The highest BCUT2D eigenvalue weighted by atomic mass is 35.5. The van der Waals surface area contributed by atoms with Gasteiger partial charge in [0.15, 0.2) is 23.0 Å². The van der Waals surface area contributed by atoms with Crippen LogP contribution in [0.25, 0.3) is 6.08 Å². The standard InChI is InChI=1S/C26H18ClNO7S/c1-32-19-8-7-15(9-22(19)35-25(30)16-5-3-2-4-6-16)10-23-24(29)28(26(31)36-23)13-17-11-20-21(12-18(17)27)34-14-33-20/h2-12H,13-14H2,1H3/b23-10-. The number of hydrogen-bond acceptors (Lipinski definition) is 8. The van der Waals surface area contributed by atoms with Gasteiger partial charge in [-0.3, -0.25) is 14.5 Å². The number of halogens is 1. The molecular weight excluding hydrogens is 506 g/mol. The number of methoxy groups -OCH3 is 1. The monoisotopic (exact) mass is 523 g/mol. The quantitative estimate of drug-likeness (QED) is 0.236. The van der Waals surface area contributed by atoms with Crippen LogP contribution in [0.3, 0.4) is 0 Å². The summed E-state index contributed by atoms with van der Waals surface area (Å²) >= 11 is 7.13. The van der Waals surface area contributed by atoms with Crippen molar-refractivity contribution in [2.75, 3.05) is 13.9 Å². The van der Waals surface area contributed by atoms with Crippen LogP contribution in [0.4, 0.5) is 4.79 Å². The average molecular weight is 524 g/mol. The second-order valence-electron chi connectivity index (χ2n) is 7.73. The number of ether oxygens (including phenoxy) is 4. The van der Waals surface area contributed by atoms with E-state index in [1.165, 1.54) is 7.11 Å². The van der Waals surface area contributed by atoms with Gasteiger partial charge >= 0.3 is 5.97 Å². The van der Waals surface area contributed by atoms with Gasteiger partial charge in [-0.15, -0.1) is 0 Å². The number of nitrogens with zero attached hydrogens (tertiary/aromatic N) is 1. The molecule has 0 radical (unpaired) electrons. The van der Waals surface area contributed by atoms with Crippen molar-refractivity contribution in [2.45, 2.75) is 6.54 Å². The van der Waals surface area contributed by atoms with Crippen LogP contribution >= 0.6 is 23.4 Å². The summed E-state index contributed by atoms with van der Waals surface area (Å²) in [6.07, 6.45) is 1.56. The van der Waals surface area contributed by atoms with Crippen molar-refractivity contribution in [1.29, 1.82) is 0 Å². The average Bonchev–Trinajstić information content (AvgIpc) is 3.44. The van der Waals surface area contributed by atoms with E-state index < -0.39 is 17.1 Å². The Kier molecular flexibility index (Phi) is 6.58. The molecule has 36 heavy (non-hydrogen) atoms. The fourth-order valence-electron chi connectivity index (χ4n) is 3.63. The largest absolute Gasteiger partial charge is 0.493 e. The van der Waals surface area contributed by atoms with Gasteiger partial charge in [-0.1, -0.05) is 35.9 Å². The summed E-state index contributed by atoms with van der Waals surface area (Å²) in [5.41, 5.74) is 1.50. The van der Waals surface area contributed by atoms with Crippen molar-refractivity contribution < 1.29 is 33.3 Å². The fraction of sp³-hybridized carbons (Fsp3) is 0.115. The first-order chi connectivity index (χ1) is 17.4. The first-order valence-electron chi connectivity index (χ1n) is 10.7. The third kappa shape index (κ3) is 4.75. The third-order valence-electron chi connectivity index (χ3n) is 5.44. The number of rotatable bonds is 6. The number of carbonyl (C=O) groups is 3. The lowest BCUT2D eigenvalue weighted by atomic mass is 10.1. The van der Waals surface area contributed by atoms with E-state index in [1.807, 2.05) is 0 Å². The Hall–Kier alpha value is -3.95. The molecule has 0 spiro atoms. The zero-order valence-corrected chi connectivity index (χ0v) is 20.4. The van der Waals surface area contributed by atoms with E-state index in [1.54, 1.807) is 66.7 Å². The SMILES string of the molecule is COc1ccc(/C=C2\SC(=O)N(Cc3cc4c(cc3Cl)OCO4)C2=O)cc1OC(=O)c1ccccc1. The van der Waals surface area contributed by atoms with Crippen LogP contribution < -0.4 is 18.9 Å². The Bertz CT molecular complexity index is 1410. The van der Waals surface area contributed by atoms with Gasteiger partial charge in [0.1, 0.15) is 0 Å². The number of amides is 2. The molecule has 8 nitrogen and oxygen atoms in total. The molecule has 5 rings (SSSR count). The van der Waals surface area contributed by atoms with E-state index in [2.05, 4.69) is 0 Å². The summed E-state index contributed by atoms with van der Waals surface area (Å²) in [6, 6.07) is 16.7. The molecule has 0 aromatic heterocycles. The van der Waals surface area contributed by atoms with E-state index in [-0.39, 0.29) is 24.0 Å². The molecule has 0 bridgehead atoms. The van der Waals surface area contributed by atoms with Crippen molar-refractivity contribution in [2.24, 2.45) is 0 Å². The molecule has 0 atom stereocenters. The second-order valence-corrected chi connectivity index (χ2v) is 9.13. The topological polar surface area (TPSA) is 91.4 Å². The van der Waals surface area contributed by atoms with Crippen molar-refractivity contribution in [1.82, 2.24) is 4.90 Å². The highest BCUT2D eigenvalue weighted by molar-refractivity contribution is 8.18. The number of benzene rings is 3. The number of fused-ring (bicyclic) bond motifs is 1. The Balaban J connectivity index is 1.36. The van der Waals surface area contributed by atoms with Crippen LogP contribution in [0.15, 0.2) is 65.6 Å². The van der Waals surface area contributed by atoms with Gasteiger partial charge in [0.25, 0.3) is 11.1 Å². The fourth-order valence-corrected chi connectivity index (χ4v) is 4.69. The van der Waals surface area contributed by atoms with Crippen molar-refractivity contribution in [3.05, 3.63) is 87.3 Å². The minimum atomic E-state index is -0.549. The molecule has 0 N–H and O–H groups in total. The molecule has 2 amide bonds. The molecule has 3 aromatic rings. The summed E-state index contributed by atoms with van der Waals surface area (Å²) in [6.45, 7) is 0.0734. The predicted molar refractivity (Wildman–Crippen MR) is 133 cm³/mol. The number of hydrogen-bond donors (Lipinski definition) is 0. The Morgan fingerprint density at radius 1 is 1.06 bits per heavy atom. The minimum absolute atomic E-state index is 0.0139. The van der Waals surface area contributed by atoms with Gasteiger partial charge < -0.3 is 18.9 Å². The molecule has 1 fully saturated rings. The molecule has 0 aliphatic carbocycles. The summed E-state index contributed by atoms with van der Waals surface area (Å²) in [7, 11) is 1.46. The summed E-state index contributed by atoms with van der Waals surface area (Å²) in [4.78, 5) is 39.5. The zero-order chi connectivity index (χ0) is 25.2. The normalized spacial score (nSPS) is 15.5. The number of carbonyl (C=O) groups excluding carboxylic acids is 3. The maximum Gasteiger partial charge on any atom is 0.343 e. The van der Waals surface area contributed by atoms with E-state index >= 15 is 0 Å². The van der Waals surface area contributed by atoms with Gasteiger partial charge in [-0.25, -0.2) is 4.79 Å². The number of imide groups is 1. The van der Waals surface area contributed by atoms with Crippen LogP contribution in [0, 0.1) is 0 Å². The molecule has 2 aliphatic heterocycles. The Morgan fingerprint density at radius 3 is 2.56 bits per heavy atom. The van der Waals surface area contributed by atoms with E-state index in [0.29, 0.717) is 39.0 Å². The molecule has 10 heteroatoms. The van der Waals surface area contributed by atoms with Gasteiger partial charge in [-0.2, -0.15) is 0 Å². The second kappa shape index (κ2) is 9.96. The number of thioether (sulfide) groups is 1. The summed E-state index contributed by atoms with van der Waals surface area (Å²) in [5.74, 6) is 0.548. The third-order valence-corrected chi connectivity index (χ3v) is 6.70. The Morgan fingerprint density at radius 2 is 1.81 bits per heavy atom. The highest BCUT2D eigenvalue weighted by Crippen LogP contribution is 2.40. The van der Waals surface area contributed by atoms with E-state index in [0.717, 1.165) is 16.7 Å². The van der Waals surface area contributed by atoms with Gasteiger partial charge in [0.2, 0.25) is 6.79 Å². The van der Waals surface area contributed by atoms with Gasteiger partial charge in [0.05, 0.1) is 24.1 Å². The van der Waals surface area contributed by atoms with Crippen LogP contribution in [0.1, 0.15) is 21.5 Å². The van der Waals surface area contributed by atoms with Crippen LogP contribution in [0.2, 0.25) is 5.02 Å². The van der Waals surface area contributed by atoms with Crippen molar-refractivity contribution in [3.8, 4) is 23.0 Å². The zero-order valence-electron chi connectivity index (χ0n) is 18.9. The first-order valence-corrected chi connectivity index (χ1v) is 11.9. The first kappa shape index (κ1) is 23.8. The maximum atomic E-state index is 13.0. The molecule has 0 saturated carbocycles. The Labute approximate surface area is 215 Å². The molecule has 1 saturated heterocycles. The van der Waals surface area contributed by atoms with Crippen molar-refractivity contribution in [3.63, 3.8) is 0 Å². The molecule has 3 aromatic carbocycles. The lowest BCUT2D eigenvalue weighted by Crippen LogP contribution is -2.27. The minimum Gasteiger partial charge on any atom is -0.493 e. The predicted octanol–water partition coefficient (Wildman–Crippen LogP) is 5.53. The van der Waals surface area contributed by atoms with Gasteiger partial charge in [0, 0.05) is 11.1 Å². The van der Waals surface area contributed by atoms with Crippen LogP contribution in [0.5, 0.6) is 23.0 Å². The lowest BCUT2D eigenvalue weighted by Gasteiger charge is -2.14. The smallest absolute Gasteiger partial charge is 0.343 e.